The van der Waals surface area contributed by atoms with Gasteiger partial charge in [0.25, 0.3) is 5.91 Å². The van der Waals surface area contributed by atoms with Crippen LogP contribution in [0.1, 0.15) is 24.0 Å². The van der Waals surface area contributed by atoms with Gasteiger partial charge in [-0.15, -0.1) is 0 Å². The third-order valence-corrected chi connectivity index (χ3v) is 5.12. The van der Waals surface area contributed by atoms with Crippen LogP contribution < -0.4 is 4.90 Å². The second-order valence-electron chi connectivity index (χ2n) is 7.13. The maximum Gasteiger partial charge on any atom is 0.253 e. The maximum absolute atomic E-state index is 13.9. The Kier molecular flexibility index (Phi) is 6.58. The van der Waals surface area contributed by atoms with Gasteiger partial charge in [0.05, 0.1) is 0 Å². The van der Waals surface area contributed by atoms with Crippen molar-refractivity contribution < 1.29 is 13.9 Å². The molecule has 1 saturated heterocycles. The molecule has 1 amide bonds. The lowest BCUT2D eigenvalue weighted by molar-refractivity contribution is -0.122. The number of hydrogen-bond donors (Lipinski definition) is 0. The van der Waals surface area contributed by atoms with Crippen molar-refractivity contribution in [1.82, 2.24) is 4.90 Å². The van der Waals surface area contributed by atoms with E-state index in [0.29, 0.717) is 6.54 Å². The summed E-state index contributed by atoms with van der Waals surface area (Å²) in [5.41, 5.74) is 2.80. The van der Waals surface area contributed by atoms with E-state index >= 15 is 0 Å². The molecule has 0 unspecified atom stereocenters. The van der Waals surface area contributed by atoms with Gasteiger partial charge < -0.3 is 9.64 Å². The van der Waals surface area contributed by atoms with Crippen LogP contribution in [0.3, 0.4) is 0 Å². The molecular weight excluding hydrogens is 343 g/mol. The number of piperidine rings is 1. The quantitative estimate of drug-likeness (QED) is 0.776. The third-order valence-electron chi connectivity index (χ3n) is 5.12. The predicted octanol–water partition coefficient (Wildman–Crippen LogP) is 3.78. The minimum Gasteiger partial charge on any atom is -0.375 e. The summed E-state index contributed by atoms with van der Waals surface area (Å²) < 4.78 is 19.0. The van der Waals surface area contributed by atoms with Crippen molar-refractivity contribution in [2.75, 3.05) is 31.7 Å². The topological polar surface area (TPSA) is 32.8 Å². The SMILES string of the molecule is COCC(=O)N(c1ccc(C)cc1)C1CCN(Cc2ccccc2F)CC1. The number of benzene rings is 2. The average Bonchev–Trinajstić information content (AvgIpc) is 2.67. The van der Waals surface area contributed by atoms with Crippen LogP contribution in [0.25, 0.3) is 0 Å². The second-order valence-corrected chi connectivity index (χ2v) is 7.13. The fraction of sp³-hybridized carbons (Fsp3) is 0.409. The zero-order chi connectivity index (χ0) is 19.2. The molecule has 0 saturated carbocycles. The van der Waals surface area contributed by atoms with Crippen LogP contribution in [-0.2, 0) is 16.1 Å². The summed E-state index contributed by atoms with van der Waals surface area (Å²) in [6.45, 7) is 4.38. The van der Waals surface area contributed by atoms with Gasteiger partial charge in [0.2, 0.25) is 0 Å². The van der Waals surface area contributed by atoms with E-state index in [9.17, 15) is 9.18 Å². The van der Waals surface area contributed by atoms with Gasteiger partial charge in [0.1, 0.15) is 12.4 Å². The largest absolute Gasteiger partial charge is 0.375 e. The monoisotopic (exact) mass is 370 g/mol. The van der Waals surface area contributed by atoms with Crippen LogP contribution in [0, 0.1) is 12.7 Å². The first-order valence-corrected chi connectivity index (χ1v) is 9.42. The summed E-state index contributed by atoms with van der Waals surface area (Å²) in [7, 11) is 1.54. The molecule has 0 aromatic heterocycles. The number of methoxy groups -OCH3 is 1. The molecule has 4 nitrogen and oxygen atoms in total. The summed E-state index contributed by atoms with van der Waals surface area (Å²) in [6, 6.07) is 15.1. The Morgan fingerprint density at radius 3 is 2.44 bits per heavy atom. The van der Waals surface area contributed by atoms with Crippen molar-refractivity contribution in [3.05, 3.63) is 65.5 Å². The predicted molar refractivity (Wildman–Crippen MR) is 105 cm³/mol. The van der Waals surface area contributed by atoms with Gasteiger partial charge in [-0.3, -0.25) is 9.69 Å². The minimum absolute atomic E-state index is 0.0195. The van der Waals surface area contributed by atoms with Crippen LogP contribution in [0.2, 0.25) is 0 Å². The zero-order valence-electron chi connectivity index (χ0n) is 16.0. The highest BCUT2D eigenvalue weighted by molar-refractivity contribution is 5.94. The Balaban J connectivity index is 1.68. The number of halogens is 1. The number of likely N-dealkylation sites (tertiary alicyclic amines) is 1. The van der Waals surface area contributed by atoms with E-state index in [1.165, 1.54) is 6.07 Å². The van der Waals surface area contributed by atoms with Gasteiger partial charge in [-0.1, -0.05) is 35.9 Å². The van der Waals surface area contributed by atoms with Crippen LogP contribution in [0.15, 0.2) is 48.5 Å². The number of anilines is 1. The third kappa shape index (κ3) is 4.93. The van der Waals surface area contributed by atoms with Crippen molar-refractivity contribution in [2.45, 2.75) is 32.4 Å². The van der Waals surface area contributed by atoms with E-state index < -0.39 is 0 Å². The van der Waals surface area contributed by atoms with E-state index in [-0.39, 0.29) is 24.4 Å². The molecule has 144 valence electrons. The van der Waals surface area contributed by atoms with Gasteiger partial charge >= 0.3 is 0 Å². The van der Waals surface area contributed by atoms with Crippen molar-refractivity contribution in [1.29, 1.82) is 0 Å². The number of hydrogen-bond acceptors (Lipinski definition) is 3. The van der Waals surface area contributed by atoms with Gasteiger partial charge in [0.15, 0.2) is 0 Å². The first-order valence-electron chi connectivity index (χ1n) is 9.42. The Morgan fingerprint density at radius 1 is 1.15 bits per heavy atom. The van der Waals surface area contributed by atoms with Crippen LogP contribution in [0.5, 0.6) is 0 Å². The van der Waals surface area contributed by atoms with Gasteiger partial charge in [-0.05, 0) is 38.0 Å². The Bertz CT molecular complexity index is 755. The summed E-state index contributed by atoms with van der Waals surface area (Å²) >= 11 is 0. The normalized spacial score (nSPS) is 15.7. The van der Waals surface area contributed by atoms with Crippen LogP contribution >= 0.6 is 0 Å². The van der Waals surface area contributed by atoms with Crippen LogP contribution in [0.4, 0.5) is 10.1 Å². The highest BCUT2D eigenvalue weighted by atomic mass is 19.1. The lowest BCUT2D eigenvalue weighted by atomic mass is 10.0. The minimum atomic E-state index is -0.156. The molecule has 0 atom stereocenters. The Hall–Kier alpha value is -2.24. The molecule has 2 aromatic rings. The molecule has 3 rings (SSSR count). The number of carbonyl (C=O) groups is 1. The molecule has 0 spiro atoms. The summed E-state index contributed by atoms with van der Waals surface area (Å²) in [6.07, 6.45) is 1.72. The number of amides is 1. The Labute approximate surface area is 160 Å². The fourth-order valence-corrected chi connectivity index (χ4v) is 3.66. The molecule has 0 radical (unpaired) electrons. The number of nitrogens with zero attached hydrogens (tertiary/aromatic N) is 2. The standard InChI is InChI=1S/C22H27FN2O2/c1-17-7-9-19(10-8-17)25(22(26)16-27-2)20-11-13-24(14-12-20)15-18-5-3-4-6-21(18)23/h3-10,20H,11-16H2,1-2H3. The molecule has 2 aromatic carbocycles. The van der Waals surface area contributed by atoms with E-state index in [1.54, 1.807) is 13.2 Å². The molecule has 0 aliphatic carbocycles. The molecule has 0 bridgehead atoms. The molecule has 1 aliphatic rings. The second kappa shape index (κ2) is 9.11. The van der Waals surface area contributed by atoms with Crippen LogP contribution in [-0.4, -0.2) is 43.7 Å². The first-order chi connectivity index (χ1) is 13.1. The van der Waals surface area contributed by atoms with Gasteiger partial charge in [0, 0.05) is 44.0 Å². The van der Waals surface area contributed by atoms with Crippen molar-refractivity contribution in [3.8, 4) is 0 Å². The van der Waals surface area contributed by atoms with Gasteiger partial charge in [-0.2, -0.15) is 0 Å². The van der Waals surface area contributed by atoms with E-state index in [0.717, 1.165) is 42.7 Å². The lowest BCUT2D eigenvalue weighted by Crippen LogP contribution is -2.48. The molecular formula is C22H27FN2O2. The van der Waals surface area contributed by atoms with Crippen molar-refractivity contribution >= 4 is 11.6 Å². The number of carbonyl (C=O) groups excluding carboxylic acids is 1. The highest BCUT2D eigenvalue weighted by Gasteiger charge is 2.29. The molecule has 1 fully saturated rings. The highest BCUT2D eigenvalue weighted by Crippen LogP contribution is 2.25. The van der Waals surface area contributed by atoms with Gasteiger partial charge in [-0.25, -0.2) is 4.39 Å². The van der Waals surface area contributed by atoms with E-state index in [2.05, 4.69) is 4.90 Å². The smallest absolute Gasteiger partial charge is 0.253 e. The van der Waals surface area contributed by atoms with E-state index in [4.69, 9.17) is 4.74 Å². The summed E-state index contributed by atoms with van der Waals surface area (Å²) in [5, 5.41) is 0. The lowest BCUT2D eigenvalue weighted by Gasteiger charge is -2.38. The number of aryl methyl sites for hydroxylation is 1. The number of rotatable bonds is 6. The molecule has 1 aliphatic heterocycles. The van der Waals surface area contributed by atoms with Crippen molar-refractivity contribution in [2.24, 2.45) is 0 Å². The fourth-order valence-electron chi connectivity index (χ4n) is 3.66. The zero-order valence-corrected chi connectivity index (χ0v) is 16.0. The number of ether oxygens (including phenoxy) is 1. The Morgan fingerprint density at radius 2 is 1.81 bits per heavy atom. The maximum atomic E-state index is 13.9. The average molecular weight is 370 g/mol. The van der Waals surface area contributed by atoms with Crippen molar-refractivity contribution in [3.63, 3.8) is 0 Å². The van der Waals surface area contributed by atoms with E-state index in [1.807, 2.05) is 48.2 Å². The molecule has 1 heterocycles. The molecule has 5 heteroatoms. The summed E-state index contributed by atoms with van der Waals surface area (Å²) in [5.74, 6) is -0.176. The molecule has 27 heavy (non-hydrogen) atoms. The summed E-state index contributed by atoms with van der Waals surface area (Å²) in [4.78, 5) is 16.8. The molecule has 0 N–H and O–H groups in total. The first kappa shape index (κ1) is 19.5.